The quantitative estimate of drug-likeness (QED) is 0.593. The summed E-state index contributed by atoms with van der Waals surface area (Å²) in [6.07, 6.45) is 0.338. The molecule has 0 amide bonds. The zero-order valence-corrected chi connectivity index (χ0v) is 18.4. The monoisotopic (exact) mass is 432 g/mol. The molecule has 0 spiro atoms. The maximum absolute atomic E-state index is 10.8. The molecule has 0 saturated carbocycles. The third-order valence-electron chi connectivity index (χ3n) is 5.60. The van der Waals surface area contributed by atoms with E-state index in [4.69, 9.17) is 4.74 Å². The Labute approximate surface area is 183 Å². The summed E-state index contributed by atoms with van der Waals surface area (Å²) in [6.45, 7) is 6.27. The van der Waals surface area contributed by atoms with Crippen molar-refractivity contribution in [2.75, 3.05) is 39.8 Å². The highest BCUT2D eigenvalue weighted by Crippen LogP contribution is 2.34. The molecule has 2 aromatic carbocycles. The second-order valence-corrected chi connectivity index (χ2v) is 8.37. The zero-order chi connectivity index (χ0) is 19.3. The van der Waals surface area contributed by atoms with Crippen molar-refractivity contribution >= 4 is 33.8 Å². The van der Waals surface area contributed by atoms with Gasteiger partial charge in [0, 0.05) is 49.4 Å². The van der Waals surface area contributed by atoms with Crippen molar-refractivity contribution in [2.45, 2.75) is 19.1 Å². The molecule has 1 saturated heterocycles. The van der Waals surface area contributed by atoms with Crippen LogP contribution in [0.25, 0.3) is 10.1 Å². The van der Waals surface area contributed by atoms with Gasteiger partial charge in [-0.15, -0.1) is 23.7 Å². The SMILES string of the molecule is COc1ccc2scc(C(O)CCN3CCN(Cc4ccccc4)CC3)c2c1.Cl. The fourth-order valence-electron chi connectivity index (χ4n) is 3.89. The van der Waals surface area contributed by atoms with E-state index in [1.54, 1.807) is 18.4 Å². The van der Waals surface area contributed by atoms with Crippen LogP contribution in [-0.4, -0.2) is 54.7 Å². The highest BCUT2D eigenvalue weighted by molar-refractivity contribution is 7.17. The van der Waals surface area contributed by atoms with Crippen LogP contribution in [0.5, 0.6) is 5.75 Å². The molecule has 1 atom stereocenters. The molecular weight excluding hydrogens is 404 g/mol. The normalized spacial score (nSPS) is 16.5. The Morgan fingerprint density at radius 1 is 1.03 bits per heavy atom. The predicted molar refractivity (Wildman–Crippen MR) is 123 cm³/mol. The first-order chi connectivity index (χ1) is 13.7. The zero-order valence-electron chi connectivity index (χ0n) is 16.8. The van der Waals surface area contributed by atoms with Gasteiger partial charge >= 0.3 is 0 Å². The molecule has 0 aliphatic carbocycles. The number of benzene rings is 2. The molecule has 2 heterocycles. The summed E-state index contributed by atoms with van der Waals surface area (Å²) in [5.74, 6) is 0.842. The average Bonchev–Trinajstić information content (AvgIpc) is 3.17. The van der Waals surface area contributed by atoms with Crippen molar-refractivity contribution in [3.8, 4) is 5.75 Å². The molecule has 1 aliphatic rings. The lowest BCUT2D eigenvalue weighted by Gasteiger charge is -2.35. The van der Waals surface area contributed by atoms with Crippen molar-refractivity contribution in [3.63, 3.8) is 0 Å². The van der Waals surface area contributed by atoms with E-state index in [1.807, 2.05) is 12.1 Å². The number of rotatable bonds is 7. The fourth-order valence-corrected chi connectivity index (χ4v) is 4.87. The Bertz CT molecular complexity index is 894. The van der Waals surface area contributed by atoms with Crippen molar-refractivity contribution in [2.24, 2.45) is 0 Å². The number of nitrogens with zero attached hydrogens (tertiary/aromatic N) is 2. The lowest BCUT2D eigenvalue weighted by Crippen LogP contribution is -2.46. The third-order valence-corrected chi connectivity index (χ3v) is 6.58. The van der Waals surface area contributed by atoms with Crippen LogP contribution in [0.2, 0.25) is 0 Å². The van der Waals surface area contributed by atoms with Gasteiger partial charge in [0.25, 0.3) is 0 Å². The lowest BCUT2D eigenvalue weighted by atomic mass is 10.0. The fraction of sp³-hybridized carbons (Fsp3) is 0.391. The van der Waals surface area contributed by atoms with Gasteiger partial charge in [-0.2, -0.15) is 0 Å². The van der Waals surface area contributed by atoms with Crippen LogP contribution in [0.15, 0.2) is 53.9 Å². The van der Waals surface area contributed by atoms with E-state index < -0.39 is 6.10 Å². The van der Waals surface area contributed by atoms with E-state index in [9.17, 15) is 5.11 Å². The second-order valence-electron chi connectivity index (χ2n) is 7.46. The highest BCUT2D eigenvalue weighted by atomic mass is 35.5. The molecule has 1 aliphatic heterocycles. The third kappa shape index (κ3) is 5.50. The molecule has 4 nitrogen and oxygen atoms in total. The van der Waals surface area contributed by atoms with Gasteiger partial charge in [0.05, 0.1) is 13.2 Å². The smallest absolute Gasteiger partial charge is 0.119 e. The number of aliphatic hydroxyl groups excluding tert-OH is 1. The Balaban J connectivity index is 0.00000240. The minimum Gasteiger partial charge on any atom is -0.497 e. The van der Waals surface area contributed by atoms with Crippen molar-refractivity contribution in [3.05, 3.63) is 65.0 Å². The van der Waals surface area contributed by atoms with E-state index in [1.165, 1.54) is 10.3 Å². The van der Waals surface area contributed by atoms with Gasteiger partial charge in [-0.1, -0.05) is 30.3 Å². The lowest BCUT2D eigenvalue weighted by molar-refractivity contribution is 0.0999. The first-order valence-electron chi connectivity index (χ1n) is 9.95. The molecule has 29 heavy (non-hydrogen) atoms. The minimum atomic E-state index is -0.428. The van der Waals surface area contributed by atoms with E-state index >= 15 is 0 Å². The Hall–Kier alpha value is -1.63. The van der Waals surface area contributed by atoms with Gasteiger partial charge in [-0.05, 0) is 41.1 Å². The number of hydrogen-bond donors (Lipinski definition) is 1. The largest absolute Gasteiger partial charge is 0.497 e. The summed E-state index contributed by atoms with van der Waals surface area (Å²) in [5, 5.41) is 14.0. The van der Waals surface area contributed by atoms with E-state index in [0.717, 1.165) is 62.4 Å². The molecule has 1 unspecified atom stereocenters. The second kappa shape index (κ2) is 10.4. The molecule has 1 N–H and O–H groups in total. The summed E-state index contributed by atoms with van der Waals surface area (Å²) in [4.78, 5) is 4.99. The van der Waals surface area contributed by atoms with Gasteiger partial charge in [0.2, 0.25) is 0 Å². The number of piperazine rings is 1. The van der Waals surface area contributed by atoms with Crippen LogP contribution < -0.4 is 4.74 Å². The summed E-state index contributed by atoms with van der Waals surface area (Å²) in [5.41, 5.74) is 2.41. The Morgan fingerprint density at radius 2 is 1.76 bits per heavy atom. The number of fused-ring (bicyclic) bond motifs is 1. The minimum absolute atomic E-state index is 0. The van der Waals surface area contributed by atoms with Crippen LogP contribution in [-0.2, 0) is 6.54 Å². The first kappa shape index (κ1) is 22.1. The average molecular weight is 433 g/mol. The van der Waals surface area contributed by atoms with E-state index in [0.29, 0.717) is 0 Å². The molecule has 156 valence electrons. The van der Waals surface area contributed by atoms with Crippen molar-refractivity contribution < 1.29 is 9.84 Å². The van der Waals surface area contributed by atoms with Gasteiger partial charge < -0.3 is 14.7 Å². The predicted octanol–water partition coefficient (Wildman–Crippen LogP) is 4.57. The van der Waals surface area contributed by atoms with Crippen LogP contribution in [0.1, 0.15) is 23.7 Å². The van der Waals surface area contributed by atoms with E-state index in [-0.39, 0.29) is 12.4 Å². The number of halogens is 1. The number of aliphatic hydroxyl groups is 1. The molecule has 6 heteroatoms. The summed E-state index contributed by atoms with van der Waals surface area (Å²) in [6, 6.07) is 16.8. The van der Waals surface area contributed by atoms with Gasteiger partial charge in [-0.3, -0.25) is 4.90 Å². The number of methoxy groups -OCH3 is 1. The topological polar surface area (TPSA) is 35.9 Å². The summed E-state index contributed by atoms with van der Waals surface area (Å²) < 4.78 is 6.54. The van der Waals surface area contributed by atoms with Crippen LogP contribution in [0.4, 0.5) is 0 Å². The van der Waals surface area contributed by atoms with E-state index in [2.05, 4.69) is 51.6 Å². The van der Waals surface area contributed by atoms with Gasteiger partial charge in [0.1, 0.15) is 5.75 Å². The Morgan fingerprint density at radius 3 is 2.48 bits per heavy atom. The van der Waals surface area contributed by atoms with Crippen LogP contribution >= 0.6 is 23.7 Å². The van der Waals surface area contributed by atoms with Gasteiger partial charge in [-0.25, -0.2) is 0 Å². The van der Waals surface area contributed by atoms with Gasteiger partial charge in [0.15, 0.2) is 0 Å². The maximum atomic E-state index is 10.8. The molecule has 0 radical (unpaired) electrons. The molecule has 0 bridgehead atoms. The summed E-state index contributed by atoms with van der Waals surface area (Å²) >= 11 is 1.69. The highest BCUT2D eigenvalue weighted by Gasteiger charge is 2.19. The van der Waals surface area contributed by atoms with Crippen LogP contribution in [0.3, 0.4) is 0 Å². The van der Waals surface area contributed by atoms with Crippen molar-refractivity contribution in [1.82, 2.24) is 9.80 Å². The maximum Gasteiger partial charge on any atom is 0.119 e. The molecule has 4 rings (SSSR count). The molecule has 1 aromatic heterocycles. The number of hydrogen-bond acceptors (Lipinski definition) is 5. The molecule has 3 aromatic rings. The molecular formula is C23H29ClN2O2S. The van der Waals surface area contributed by atoms with Crippen LogP contribution in [0, 0.1) is 0 Å². The molecule has 1 fully saturated rings. The van der Waals surface area contributed by atoms with Crippen molar-refractivity contribution in [1.29, 1.82) is 0 Å². The first-order valence-corrected chi connectivity index (χ1v) is 10.8. The summed E-state index contributed by atoms with van der Waals surface area (Å²) in [7, 11) is 1.68. The number of ether oxygens (including phenoxy) is 1. The standard InChI is InChI=1S/C23H28N2O2S.ClH/c1-27-19-7-8-23-20(15-19)21(17-28-23)22(26)9-10-24-11-13-25(14-12-24)16-18-5-3-2-4-6-18;/h2-8,15,17,22,26H,9-14,16H2,1H3;1H. The number of thiophene rings is 1. The Kier molecular flexibility index (Phi) is 7.92.